The summed E-state index contributed by atoms with van der Waals surface area (Å²) in [6.45, 7) is 0. The van der Waals surface area contributed by atoms with Crippen molar-refractivity contribution in [3.8, 4) is 0 Å². The third-order valence-electron chi connectivity index (χ3n) is 3.03. The highest BCUT2D eigenvalue weighted by Crippen LogP contribution is 2.24. The fraction of sp³-hybridized carbons (Fsp3) is 0.267. The molecule has 0 heterocycles. The molecule has 0 aromatic heterocycles. The predicted molar refractivity (Wildman–Crippen MR) is 75.8 cm³/mol. The Morgan fingerprint density at radius 2 is 1.94 bits per heavy atom. The molecule has 1 N–H and O–H groups in total. The van der Waals surface area contributed by atoms with Gasteiger partial charge in [0.25, 0.3) is 0 Å². The van der Waals surface area contributed by atoms with E-state index in [2.05, 4.69) is 35.6 Å². The summed E-state index contributed by atoms with van der Waals surface area (Å²) in [5.74, 6) is 0.658. The third kappa shape index (κ3) is 2.85. The third-order valence-corrected chi connectivity index (χ3v) is 4.03. The second kappa shape index (κ2) is 5.02. The Morgan fingerprint density at radius 1 is 1.17 bits per heavy atom. The maximum atomic E-state index is 11.6. The smallest absolute Gasteiger partial charge is 0.230 e. The van der Waals surface area contributed by atoms with E-state index >= 15 is 0 Å². The maximum Gasteiger partial charge on any atom is 0.230 e. The molecule has 2 aromatic carbocycles. The minimum Gasteiger partial charge on any atom is -0.353 e. The number of carbonyl (C=O) groups excluding carboxylic acids is 1. The van der Waals surface area contributed by atoms with Crippen molar-refractivity contribution >= 4 is 28.4 Å². The molecule has 0 spiro atoms. The molecule has 0 saturated heterocycles. The van der Waals surface area contributed by atoms with Crippen molar-refractivity contribution in [3.05, 3.63) is 42.5 Å². The van der Waals surface area contributed by atoms with E-state index in [4.69, 9.17) is 0 Å². The Balaban J connectivity index is 1.64. The van der Waals surface area contributed by atoms with Crippen molar-refractivity contribution < 1.29 is 4.79 Å². The molecule has 0 unspecified atom stereocenters. The number of hydrogen-bond acceptors (Lipinski definition) is 2. The van der Waals surface area contributed by atoms with E-state index in [1.807, 2.05) is 12.1 Å². The van der Waals surface area contributed by atoms with Crippen LogP contribution >= 0.6 is 11.8 Å². The Kier molecular flexibility index (Phi) is 3.24. The number of benzene rings is 2. The van der Waals surface area contributed by atoms with Gasteiger partial charge in [0.1, 0.15) is 0 Å². The lowest BCUT2D eigenvalue weighted by molar-refractivity contribution is -0.118. The largest absolute Gasteiger partial charge is 0.353 e. The molecule has 18 heavy (non-hydrogen) atoms. The highest BCUT2D eigenvalue weighted by atomic mass is 32.2. The van der Waals surface area contributed by atoms with Gasteiger partial charge >= 0.3 is 0 Å². The van der Waals surface area contributed by atoms with Crippen LogP contribution in [0.4, 0.5) is 0 Å². The minimum absolute atomic E-state index is 0.149. The second-order valence-electron chi connectivity index (χ2n) is 4.64. The topological polar surface area (TPSA) is 29.1 Å². The first kappa shape index (κ1) is 11.6. The molecule has 0 bridgehead atoms. The maximum absolute atomic E-state index is 11.6. The van der Waals surface area contributed by atoms with Crippen molar-refractivity contribution in [3.63, 3.8) is 0 Å². The number of thioether (sulfide) groups is 1. The summed E-state index contributed by atoms with van der Waals surface area (Å²) in [6.07, 6.45) is 2.29. The molecule has 2 nitrogen and oxygen atoms in total. The van der Waals surface area contributed by atoms with Crippen LogP contribution in [0.5, 0.6) is 0 Å². The van der Waals surface area contributed by atoms with E-state index in [0.29, 0.717) is 11.8 Å². The van der Waals surface area contributed by atoms with E-state index in [9.17, 15) is 4.79 Å². The van der Waals surface area contributed by atoms with Crippen LogP contribution in [0.15, 0.2) is 47.4 Å². The van der Waals surface area contributed by atoms with Crippen molar-refractivity contribution in [2.24, 2.45) is 0 Å². The fourth-order valence-corrected chi connectivity index (χ4v) is 2.66. The summed E-state index contributed by atoms with van der Waals surface area (Å²) in [5, 5.41) is 5.47. The van der Waals surface area contributed by atoms with Crippen molar-refractivity contribution in [2.75, 3.05) is 5.75 Å². The summed E-state index contributed by atoms with van der Waals surface area (Å²) in [6, 6.07) is 15.1. The fourth-order valence-electron chi connectivity index (χ4n) is 1.90. The highest BCUT2D eigenvalue weighted by molar-refractivity contribution is 8.00. The van der Waals surface area contributed by atoms with Gasteiger partial charge in [0, 0.05) is 10.9 Å². The molecule has 92 valence electrons. The van der Waals surface area contributed by atoms with Gasteiger partial charge in [0.15, 0.2) is 0 Å². The van der Waals surface area contributed by atoms with Crippen LogP contribution in [-0.4, -0.2) is 17.7 Å². The summed E-state index contributed by atoms with van der Waals surface area (Å²) in [4.78, 5) is 12.8. The lowest BCUT2D eigenvalue weighted by Crippen LogP contribution is -2.26. The molecule has 0 aliphatic heterocycles. The Hall–Kier alpha value is -1.48. The van der Waals surface area contributed by atoms with E-state index < -0.39 is 0 Å². The van der Waals surface area contributed by atoms with Crippen molar-refractivity contribution in [2.45, 2.75) is 23.8 Å². The Morgan fingerprint density at radius 3 is 2.72 bits per heavy atom. The monoisotopic (exact) mass is 257 g/mol. The molecule has 3 rings (SSSR count). The molecule has 1 amide bonds. The summed E-state index contributed by atoms with van der Waals surface area (Å²) >= 11 is 1.60. The average molecular weight is 257 g/mol. The molecule has 1 aliphatic rings. The van der Waals surface area contributed by atoms with Crippen molar-refractivity contribution in [1.82, 2.24) is 5.32 Å². The molecule has 3 heteroatoms. The van der Waals surface area contributed by atoms with Gasteiger partial charge in [-0.15, -0.1) is 11.8 Å². The first-order valence-electron chi connectivity index (χ1n) is 6.22. The molecule has 1 saturated carbocycles. The molecule has 0 radical (unpaired) electrons. The first-order chi connectivity index (χ1) is 8.81. The summed E-state index contributed by atoms with van der Waals surface area (Å²) in [7, 11) is 0. The lowest BCUT2D eigenvalue weighted by atomic mass is 10.1. The normalized spacial score (nSPS) is 14.7. The van der Waals surface area contributed by atoms with Crippen molar-refractivity contribution in [1.29, 1.82) is 0 Å². The molecule has 2 aromatic rings. The van der Waals surface area contributed by atoms with Gasteiger partial charge in [-0.1, -0.05) is 30.3 Å². The van der Waals surface area contributed by atoms with E-state index in [1.165, 1.54) is 10.8 Å². The highest BCUT2D eigenvalue weighted by Gasteiger charge is 2.22. The summed E-state index contributed by atoms with van der Waals surface area (Å²) < 4.78 is 0. The SMILES string of the molecule is O=C(CSc1ccc2ccccc2c1)NC1CC1. The number of nitrogens with one attached hydrogen (secondary N) is 1. The molecule has 1 aliphatic carbocycles. The van der Waals surface area contributed by atoms with Crippen LogP contribution in [0, 0.1) is 0 Å². The zero-order valence-electron chi connectivity index (χ0n) is 10.1. The lowest BCUT2D eigenvalue weighted by Gasteiger charge is -2.04. The number of carbonyl (C=O) groups is 1. The van der Waals surface area contributed by atoms with Gasteiger partial charge in [-0.25, -0.2) is 0 Å². The van der Waals surface area contributed by atoms with Gasteiger partial charge in [0.2, 0.25) is 5.91 Å². The number of rotatable bonds is 4. The number of hydrogen-bond donors (Lipinski definition) is 1. The zero-order valence-corrected chi connectivity index (χ0v) is 10.9. The number of fused-ring (bicyclic) bond motifs is 1. The van der Waals surface area contributed by atoms with E-state index in [0.717, 1.165) is 17.7 Å². The van der Waals surface area contributed by atoms with Gasteiger partial charge in [-0.3, -0.25) is 4.79 Å². The van der Waals surface area contributed by atoms with Gasteiger partial charge in [-0.2, -0.15) is 0 Å². The van der Waals surface area contributed by atoms with Crippen LogP contribution < -0.4 is 5.32 Å². The van der Waals surface area contributed by atoms with Crippen LogP contribution in [0.3, 0.4) is 0 Å². The first-order valence-corrected chi connectivity index (χ1v) is 7.21. The van der Waals surface area contributed by atoms with Gasteiger partial charge in [-0.05, 0) is 35.7 Å². The Bertz CT molecular complexity index is 577. The van der Waals surface area contributed by atoms with Crippen LogP contribution in [0.2, 0.25) is 0 Å². The standard InChI is InChI=1S/C15H15NOS/c17-15(16-13-6-7-13)10-18-14-8-5-11-3-1-2-4-12(11)9-14/h1-5,8-9,13H,6-7,10H2,(H,16,17). The second-order valence-corrected chi connectivity index (χ2v) is 5.69. The quantitative estimate of drug-likeness (QED) is 0.852. The average Bonchev–Trinajstić information content (AvgIpc) is 3.20. The Labute approximate surface area is 111 Å². The van der Waals surface area contributed by atoms with Crippen LogP contribution in [0.25, 0.3) is 10.8 Å². The minimum atomic E-state index is 0.149. The van der Waals surface area contributed by atoms with E-state index in [-0.39, 0.29) is 5.91 Å². The van der Waals surface area contributed by atoms with Gasteiger partial charge in [0.05, 0.1) is 5.75 Å². The van der Waals surface area contributed by atoms with Crippen LogP contribution in [0.1, 0.15) is 12.8 Å². The zero-order chi connectivity index (χ0) is 12.4. The predicted octanol–water partition coefficient (Wildman–Crippen LogP) is 3.21. The van der Waals surface area contributed by atoms with Gasteiger partial charge < -0.3 is 5.32 Å². The molecule has 0 atom stereocenters. The van der Waals surface area contributed by atoms with E-state index in [1.54, 1.807) is 11.8 Å². The molecular weight excluding hydrogens is 242 g/mol. The van der Waals surface area contributed by atoms with Crippen LogP contribution in [-0.2, 0) is 4.79 Å². The summed E-state index contributed by atoms with van der Waals surface area (Å²) in [5.41, 5.74) is 0. The number of amides is 1. The molecular formula is C15H15NOS. The molecule has 1 fully saturated rings.